The Hall–Kier alpha value is -1.42. The molecule has 0 amide bonds. The zero-order chi connectivity index (χ0) is 14.5. The maximum Gasteiger partial charge on any atom is 0.269 e. The van der Waals surface area contributed by atoms with Gasteiger partial charge in [-0.25, -0.2) is 0 Å². The van der Waals surface area contributed by atoms with Crippen LogP contribution in [-0.4, -0.2) is 11.5 Å². The Bertz CT molecular complexity index is 424. The van der Waals surface area contributed by atoms with Crippen molar-refractivity contribution >= 4 is 5.69 Å². The van der Waals surface area contributed by atoms with E-state index in [2.05, 4.69) is 33.0 Å². The standard InChI is InChI=1S/C15H24N2O2/c1-5-14(16-10-9-15(2,3)4)12-7-6-8-13(11-12)17(18)19/h6-8,11,14,16H,5,9-10H2,1-4H3. The summed E-state index contributed by atoms with van der Waals surface area (Å²) in [6, 6.07) is 7.08. The van der Waals surface area contributed by atoms with E-state index in [1.54, 1.807) is 12.1 Å². The summed E-state index contributed by atoms with van der Waals surface area (Å²) in [7, 11) is 0. The fraction of sp³-hybridized carbons (Fsp3) is 0.600. The van der Waals surface area contributed by atoms with Gasteiger partial charge in [-0.15, -0.1) is 0 Å². The normalized spacial score (nSPS) is 13.3. The summed E-state index contributed by atoms with van der Waals surface area (Å²) in [4.78, 5) is 10.5. The summed E-state index contributed by atoms with van der Waals surface area (Å²) in [5.41, 5.74) is 1.45. The molecule has 1 aromatic carbocycles. The van der Waals surface area contributed by atoms with Crippen molar-refractivity contribution < 1.29 is 4.92 Å². The Labute approximate surface area is 115 Å². The second kappa shape index (κ2) is 6.66. The predicted octanol–water partition coefficient (Wildman–Crippen LogP) is 4.07. The van der Waals surface area contributed by atoms with Crippen molar-refractivity contribution in [1.82, 2.24) is 5.32 Å². The number of rotatable bonds is 6. The predicted molar refractivity (Wildman–Crippen MR) is 78.2 cm³/mol. The van der Waals surface area contributed by atoms with E-state index in [4.69, 9.17) is 0 Å². The molecule has 4 heteroatoms. The van der Waals surface area contributed by atoms with Crippen LogP contribution in [0.3, 0.4) is 0 Å². The molecular weight excluding hydrogens is 240 g/mol. The van der Waals surface area contributed by atoms with Crippen LogP contribution in [0.4, 0.5) is 5.69 Å². The van der Waals surface area contributed by atoms with E-state index in [9.17, 15) is 10.1 Å². The number of nitrogens with zero attached hydrogens (tertiary/aromatic N) is 1. The highest BCUT2D eigenvalue weighted by atomic mass is 16.6. The minimum absolute atomic E-state index is 0.161. The summed E-state index contributed by atoms with van der Waals surface area (Å²) in [6.07, 6.45) is 2.00. The fourth-order valence-corrected chi connectivity index (χ4v) is 1.97. The monoisotopic (exact) mass is 264 g/mol. The minimum atomic E-state index is -0.342. The highest BCUT2D eigenvalue weighted by Crippen LogP contribution is 2.23. The average Bonchev–Trinajstić information content (AvgIpc) is 2.33. The van der Waals surface area contributed by atoms with Crippen LogP contribution < -0.4 is 5.32 Å². The average molecular weight is 264 g/mol. The molecule has 4 nitrogen and oxygen atoms in total. The first-order chi connectivity index (χ1) is 8.83. The topological polar surface area (TPSA) is 55.2 Å². The number of nitro benzene ring substituents is 1. The third-order valence-corrected chi connectivity index (χ3v) is 3.16. The zero-order valence-corrected chi connectivity index (χ0v) is 12.3. The third-order valence-electron chi connectivity index (χ3n) is 3.16. The molecule has 1 rings (SSSR count). The van der Waals surface area contributed by atoms with Crippen molar-refractivity contribution in [2.75, 3.05) is 6.54 Å². The van der Waals surface area contributed by atoms with Crippen molar-refractivity contribution in [3.8, 4) is 0 Å². The van der Waals surface area contributed by atoms with Crippen molar-refractivity contribution in [2.45, 2.75) is 46.6 Å². The van der Waals surface area contributed by atoms with Crippen LogP contribution in [0, 0.1) is 15.5 Å². The first kappa shape index (κ1) is 15.6. The van der Waals surface area contributed by atoms with Crippen molar-refractivity contribution in [2.24, 2.45) is 5.41 Å². The van der Waals surface area contributed by atoms with Crippen LogP contribution in [0.5, 0.6) is 0 Å². The Balaban J connectivity index is 2.69. The van der Waals surface area contributed by atoms with Crippen LogP contribution in [0.1, 0.15) is 52.1 Å². The number of non-ortho nitro benzene ring substituents is 1. The summed E-state index contributed by atoms with van der Waals surface area (Å²) in [5, 5.41) is 14.3. The van der Waals surface area contributed by atoms with Gasteiger partial charge in [-0.2, -0.15) is 0 Å². The highest BCUT2D eigenvalue weighted by molar-refractivity contribution is 5.35. The van der Waals surface area contributed by atoms with Gasteiger partial charge in [-0.3, -0.25) is 10.1 Å². The molecule has 19 heavy (non-hydrogen) atoms. The minimum Gasteiger partial charge on any atom is -0.310 e. The van der Waals surface area contributed by atoms with Crippen LogP contribution in [-0.2, 0) is 0 Å². The van der Waals surface area contributed by atoms with Gasteiger partial charge >= 0.3 is 0 Å². The smallest absolute Gasteiger partial charge is 0.269 e. The van der Waals surface area contributed by atoms with Gasteiger partial charge < -0.3 is 5.32 Å². The highest BCUT2D eigenvalue weighted by Gasteiger charge is 2.15. The molecule has 1 unspecified atom stereocenters. The van der Waals surface area contributed by atoms with Gasteiger partial charge in [-0.05, 0) is 30.4 Å². The van der Waals surface area contributed by atoms with E-state index in [1.807, 2.05) is 6.07 Å². The molecule has 1 N–H and O–H groups in total. The SMILES string of the molecule is CCC(NCCC(C)(C)C)c1cccc([N+](=O)[O-])c1. The van der Waals surface area contributed by atoms with E-state index in [0.717, 1.165) is 24.9 Å². The number of hydrogen-bond acceptors (Lipinski definition) is 3. The Morgan fingerprint density at radius 1 is 1.37 bits per heavy atom. The van der Waals surface area contributed by atoms with E-state index in [-0.39, 0.29) is 16.7 Å². The molecule has 0 bridgehead atoms. The molecule has 1 atom stereocenters. The van der Waals surface area contributed by atoms with Crippen LogP contribution >= 0.6 is 0 Å². The van der Waals surface area contributed by atoms with Crippen LogP contribution in [0.25, 0.3) is 0 Å². The van der Waals surface area contributed by atoms with Crippen LogP contribution in [0.15, 0.2) is 24.3 Å². The lowest BCUT2D eigenvalue weighted by molar-refractivity contribution is -0.384. The third kappa shape index (κ3) is 5.39. The fourth-order valence-electron chi connectivity index (χ4n) is 1.97. The van der Waals surface area contributed by atoms with Gasteiger partial charge in [0.15, 0.2) is 0 Å². The lowest BCUT2D eigenvalue weighted by atomic mass is 9.92. The number of nitrogens with one attached hydrogen (secondary N) is 1. The molecule has 1 aromatic rings. The molecule has 0 saturated heterocycles. The first-order valence-corrected chi connectivity index (χ1v) is 6.81. The molecule has 106 valence electrons. The molecule has 0 saturated carbocycles. The van der Waals surface area contributed by atoms with Gasteiger partial charge in [0.1, 0.15) is 0 Å². The maximum absolute atomic E-state index is 10.8. The quantitative estimate of drug-likeness (QED) is 0.622. The van der Waals surface area contributed by atoms with Crippen molar-refractivity contribution in [3.05, 3.63) is 39.9 Å². The van der Waals surface area contributed by atoms with E-state index >= 15 is 0 Å². The van der Waals surface area contributed by atoms with E-state index in [0.29, 0.717) is 5.41 Å². The Morgan fingerprint density at radius 2 is 2.05 bits per heavy atom. The zero-order valence-electron chi connectivity index (χ0n) is 12.3. The van der Waals surface area contributed by atoms with Gasteiger partial charge in [0.2, 0.25) is 0 Å². The van der Waals surface area contributed by atoms with Gasteiger partial charge in [-0.1, -0.05) is 39.8 Å². The number of benzene rings is 1. The Kier molecular flexibility index (Phi) is 5.48. The first-order valence-electron chi connectivity index (χ1n) is 6.81. The van der Waals surface area contributed by atoms with Gasteiger partial charge in [0.25, 0.3) is 5.69 Å². The summed E-state index contributed by atoms with van der Waals surface area (Å²) in [5.74, 6) is 0. The molecular formula is C15H24N2O2. The van der Waals surface area contributed by atoms with Crippen molar-refractivity contribution in [3.63, 3.8) is 0 Å². The molecule has 0 spiro atoms. The Morgan fingerprint density at radius 3 is 2.58 bits per heavy atom. The number of hydrogen-bond donors (Lipinski definition) is 1. The molecule has 0 aromatic heterocycles. The van der Waals surface area contributed by atoms with Crippen LogP contribution in [0.2, 0.25) is 0 Å². The molecule has 0 fully saturated rings. The number of nitro groups is 1. The van der Waals surface area contributed by atoms with E-state index < -0.39 is 0 Å². The van der Waals surface area contributed by atoms with E-state index in [1.165, 1.54) is 6.07 Å². The molecule has 0 aliphatic carbocycles. The lowest BCUT2D eigenvalue weighted by Crippen LogP contribution is -2.25. The molecule has 0 heterocycles. The second-order valence-corrected chi connectivity index (χ2v) is 6.08. The summed E-state index contributed by atoms with van der Waals surface area (Å²) >= 11 is 0. The lowest BCUT2D eigenvalue weighted by Gasteiger charge is -2.22. The molecule has 0 aliphatic rings. The second-order valence-electron chi connectivity index (χ2n) is 6.08. The van der Waals surface area contributed by atoms with Crippen molar-refractivity contribution in [1.29, 1.82) is 0 Å². The maximum atomic E-state index is 10.8. The van der Waals surface area contributed by atoms with Gasteiger partial charge in [0.05, 0.1) is 4.92 Å². The molecule has 0 radical (unpaired) electrons. The van der Waals surface area contributed by atoms with Gasteiger partial charge in [0, 0.05) is 18.2 Å². The molecule has 0 aliphatic heterocycles. The summed E-state index contributed by atoms with van der Waals surface area (Å²) < 4.78 is 0. The largest absolute Gasteiger partial charge is 0.310 e. The summed E-state index contributed by atoms with van der Waals surface area (Å²) in [6.45, 7) is 9.65.